The van der Waals surface area contributed by atoms with E-state index in [1.165, 1.54) is 20.0 Å². The first-order chi connectivity index (χ1) is 10.1. The minimum atomic E-state index is -0.194. The first kappa shape index (κ1) is 15.9. The molecule has 116 valence electrons. The number of methoxy groups -OCH3 is 1. The Kier molecular flexibility index (Phi) is 5.31. The molecule has 1 aliphatic rings. The van der Waals surface area contributed by atoms with Crippen LogP contribution in [0.15, 0.2) is 12.1 Å². The van der Waals surface area contributed by atoms with Crippen molar-refractivity contribution in [3.05, 3.63) is 22.7 Å². The van der Waals surface area contributed by atoms with Crippen molar-refractivity contribution in [3.8, 4) is 5.75 Å². The van der Waals surface area contributed by atoms with Crippen molar-refractivity contribution in [2.45, 2.75) is 25.8 Å². The van der Waals surface area contributed by atoms with Gasteiger partial charge in [0.05, 0.1) is 23.4 Å². The number of carbonyl (C=O) groups is 1. The summed E-state index contributed by atoms with van der Waals surface area (Å²) in [5, 5.41) is 3.26. The molecule has 1 fully saturated rings. The molecule has 1 aromatic carbocycles. The Morgan fingerprint density at radius 1 is 1.52 bits per heavy atom. The van der Waals surface area contributed by atoms with Gasteiger partial charge in [-0.1, -0.05) is 18.5 Å². The predicted octanol–water partition coefficient (Wildman–Crippen LogP) is 2.14. The summed E-state index contributed by atoms with van der Waals surface area (Å²) in [5.74, 6) is 0.240. The highest BCUT2D eigenvalue weighted by molar-refractivity contribution is 6.33. The van der Waals surface area contributed by atoms with Gasteiger partial charge in [0.25, 0.3) is 5.91 Å². The minimum Gasteiger partial charge on any atom is -0.496 e. The summed E-state index contributed by atoms with van der Waals surface area (Å²) in [5.41, 5.74) is 6.52. The Bertz CT molecular complexity index is 518. The van der Waals surface area contributed by atoms with E-state index in [2.05, 4.69) is 17.1 Å². The standard InChI is InChI=1S/C15H22ClN3O2/c1-3-19(10-4-5-10)7-6-18-15(20)11-8-12(16)13(17)9-14(11)21-2/h8-10H,3-7,17H2,1-2H3,(H,18,20). The van der Waals surface area contributed by atoms with Crippen LogP contribution in [0.5, 0.6) is 5.75 Å². The number of nitrogens with zero attached hydrogens (tertiary/aromatic N) is 1. The summed E-state index contributed by atoms with van der Waals surface area (Å²) in [6.45, 7) is 4.62. The SMILES string of the molecule is CCN(CCNC(=O)c1cc(Cl)c(N)cc1OC)C1CC1. The lowest BCUT2D eigenvalue weighted by Crippen LogP contribution is -2.36. The molecule has 0 spiro atoms. The molecule has 3 N–H and O–H groups in total. The van der Waals surface area contributed by atoms with Gasteiger partial charge in [0, 0.05) is 25.2 Å². The predicted molar refractivity (Wildman–Crippen MR) is 85.0 cm³/mol. The number of anilines is 1. The summed E-state index contributed by atoms with van der Waals surface area (Å²) >= 11 is 5.97. The molecule has 1 aromatic rings. The van der Waals surface area contributed by atoms with Crippen molar-refractivity contribution in [1.29, 1.82) is 0 Å². The topological polar surface area (TPSA) is 67.6 Å². The van der Waals surface area contributed by atoms with E-state index in [1.807, 2.05) is 0 Å². The van der Waals surface area contributed by atoms with Crippen LogP contribution >= 0.6 is 11.6 Å². The van der Waals surface area contributed by atoms with Gasteiger partial charge in [0.2, 0.25) is 0 Å². The second kappa shape index (κ2) is 7.00. The van der Waals surface area contributed by atoms with Gasteiger partial charge in [-0.25, -0.2) is 0 Å². The Hall–Kier alpha value is -1.46. The maximum absolute atomic E-state index is 12.2. The highest BCUT2D eigenvalue weighted by Crippen LogP contribution is 2.29. The Labute approximate surface area is 130 Å². The fourth-order valence-electron chi connectivity index (χ4n) is 2.36. The molecule has 0 atom stereocenters. The number of likely N-dealkylation sites (N-methyl/N-ethyl adjacent to an activating group) is 1. The van der Waals surface area contributed by atoms with Crippen LogP contribution < -0.4 is 15.8 Å². The minimum absolute atomic E-state index is 0.194. The molecule has 0 aromatic heterocycles. The van der Waals surface area contributed by atoms with E-state index in [4.69, 9.17) is 22.1 Å². The first-order valence-corrected chi connectivity index (χ1v) is 7.59. The molecule has 0 saturated heterocycles. The second-order valence-electron chi connectivity index (χ2n) is 5.19. The molecule has 1 aliphatic carbocycles. The number of halogens is 1. The number of rotatable bonds is 7. The van der Waals surface area contributed by atoms with Gasteiger partial charge in [-0.2, -0.15) is 0 Å². The van der Waals surface area contributed by atoms with Gasteiger partial charge in [-0.3, -0.25) is 9.69 Å². The third-order valence-electron chi connectivity index (χ3n) is 3.72. The van der Waals surface area contributed by atoms with Crippen LogP contribution in [-0.4, -0.2) is 43.6 Å². The number of hydrogen-bond donors (Lipinski definition) is 2. The monoisotopic (exact) mass is 311 g/mol. The van der Waals surface area contributed by atoms with Gasteiger partial charge in [0.1, 0.15) is 5.75 Å². The van der Waals surface area contributed by atoms with Crippen LogP contribution in [0.4, 0.5) is 5.69 Å². The van der Waals surface area contributed by atoms with Gasteiger partial charge < -0.3 is 15.8 Å². The molecule has 1 amide bonds. The Morgan fingerprint density at radius 3 is 2.81 bits per heavy atom. The summed E-state index contributed by atoms with van der Waals surface area (Å²) in [7, 11) is 1.51. The molecule has 0 aliphatic heterocycles. The third-order valence-corrected chi connectivity index (χ3v) is 4.04. The van der Waals surface area contributed by atoms with Gasteiger partial charge in [-0.05, 0) is 25.5 Å². The normalized spacial score (nSPS) is 14.3. The lowest BCUT2D eigenvalue weighted by Gasteiger charge is -2.20. The first-order valence-electron chi connectivity index (χ1n) is 7.22. The fraction of sp³-hybridized carbons (Fsp3) is 0.533. The Balaban J connectivity index is 1.95. The second-order valence-corrected chi connectivity index (χ2v) is 5.60. The van der Waals surface area contributed by atoms with Crippen LogP contribution in [0.3, 0.4) is 0 Å². The highest BCUT2D eigenvalue weighted by atomic mass is 35.5. The lowest BCUT2D eigenvalue weighted by atomic mass is 10.1. The molecule has 2 rings (SSSR count). The van der Waals surface area contributed by atoms with Gasteiger partial charge in [0.15, 0.2) is 0 Å². The van der Waals surface area contributed by atoms with E-state index in [9.17, 15) is 4.79 Å². The van der Waals surface area contributed by atoms with Crippen LogP contribution in [-0.2, 0) is 0 Å². The number of ether oxygens (including phenoxy) is 1. The number of benzene rings is 1. The fourth-order valence-corrected chi connectivity index (χ4v) is 2.53. The van der Waals surface area contributed by atoms with Crippen molar-refractivity contribution in [1.82, 2.24) is 10.2 Å². The van der Waals surface area contributed by atoms with E-state index in [0.717, 1.165) is 13.1 Å². The van der Waals surface area contributed by atoms with E-state index < -0.39 is 0 Å². The molecular weight excluding hydrogens is 290 g/mol. The zero-order valence-electron chi connectivity index (χ0n) is 12.5. The number of nitrogens with two attached hydrogens (primary N) is 1. The number of nitrogens with one attached hydrogen (secondary N) is 1. The van der Waals surface area contributed by atoms with Crippen molar-refractivity contribution in [2.75, 3.05) is 32.5 Å². The van der Waals surface area contributed by atoms with Crippen LogP contribution in [0, 0.1) is 0 Å². The van der Waals surface area contributed by atoms with Gasteiger partial charge >= 0.3 is 0 Å². The molecule has 0 heterocycles. The zero-order valence-corrected chi connectivity index (χ0v) is 13.2. The molecule has 1 saturated carbocycles. The quantitative estimate of drug-likeness (QED) is 0.757. The average Bonchev–Trinajstić information content (AvgIpc) is 3.30. The van der Waals surface area contributed by atoms with Crippen LogP contribution in [0.25, 0.3) is 0 Å². The summed E-state index contributed by atoms with van der Waals surface area (Å²) in [6, 6.07) is 3.82. The number of amides is 1. The molecule has 0 unspecified atom stereocenters. The van der Waals surface area contributed by atoms with Crippen molar-refractivity contribution in [2.24, 2.45) is 0 Å². The molecule has 6 heteroatoms. The molecule has 0 radical (unpaired) electrons. The average molecular weight is 312 g/mol. The molecular formula is C15H22ClN3O2. The van der Waals surface area contributed by atoms with E-state index >= 15 is 0 Å². The third kappa shape index (κ3) is 4.02. The zero-order chi connectivity index (χ0) is 15.4. The Morgan fingerprint density at radius 2 is 2.24 bits per heavy atom. The lowest BCUT2D eigenvalue weighted by molar-refractivity contribution is 0.0945. The smallest absolute Gasteiger partial charge is 0.255 e. The van der Waals surface area contributed by atoms with Crippen LogP contribution in [0.1, 0.15) is 30.1 Å². The van der Waals surface area contributed by atoms with Crippen molar-refractivity contribution >= 4 is 23.2 Å². The van der Waals surface area contributed by atoms with E-state index in [0.29, 0.717) is 34.6 Å². The van der Waals surface area contributed by atoms with Crippen molar-refractivity contribution < 1.29 is 9.53 Å². The van der Waals surface area contributed by atoms with Crippen molar-refractivity contribution in [3.63, 3.8) is 0 Å². The van der Waals surface area contributed by atoms with Crippen LogP contribution in [0.2, 0.25) is 5.02 Å². The summed E-state index contributed by atoms with van der Waals surface area (Å²) in [4.78, 5) is 14.6. The molecule has 21 heavy (non-hydrogen) atoms. The molecule has 0 bridgehead atoms. The maximum atomic E-state index is 12.2. The highest BCUT2D eigenvalue weighted by Gasteiger charge is 2.27. The summed E-state index contributed by atoms with van der Waals surface area (Å²) in [6.07, 6.45) is 2.53. The largest absolute Gasteiger partial charge is 0.496 e. The number of carbonyl (C=O) groups excluding carboxylic acids is 1. The molecule has 5 nitrogen and oxygen atoms in total. The maximum Gasteiger partial charge on any atom is 0.255 e. The summed E-state index contributed by atoms with van der Waals surface area (Å²) < 4.78 is 5.19. The van der Waals surface area contributed by atoms with Gasteiger partial charge in [-0.15, -0.1) is 0 Å². The van der Waals surface area contributed by atoms with E-state index in [1.54, 1.807) is 12.1 Å². The van der Waals surface area contributed by atoms with E-state index in [-0.39, 0.29) is 5.91 Å². The number of hydrogen-bond acceptors (Lipinski definition) is 4. The number of nitrogen functional groups attached to an aromatic ring is 1.